The lowest BCUT2D eigenvalue weighted by Gasteiger charge is -2.18. The average Bonchev–Trinajstić information content (AvgIpc) is 3.64. The van der Waals surface area contributed by atoms with Crippen molar-refractivity contribution in [2.75, 3.05) is 5.75 Å². The smallest absolute Gasteiger partial charge is 0.459 e. The SMILES string of the molecule is CCS(=O)(=O)c1cc(-c2ccc(C3(C#N)CC3)cc2)cnc1-c1nc2cc(C(F)(F)C(F)(F)F)n[n+]([O-])c2n1C. The van der Waals surface area contributed by atoms with Crippen molar-refractivity contribution in [1.29, 1.82) is 5.26 Å². The Balaban J connectivity index is 1.65. The molecular formula is C25H19F5N6O3S. The number of imidazole rings is 1. The number of aryl methyl sites for hydroxylation is 1. The monoisotopic (exact) mass is 578 g/mol. The number of benzene rings is 1. The molecule has 3 aromatic heterocycles. The molecule has 15 heteroatoms. The second-order valence-corrected chi connectivity index (χ2v) is 11.7. The summed E-state index contributed by atoms with van der Waals surface area (Å²) in [6, 6.07) is 11.0. The van der Waals surface area contributed by atoms with Gasteiger partial charge in [0.15, 0.2) is 21.0 Å². The van der Waals surface area contributed by atoms with E-state index in [2.05, 4.69) is 21.1 Å². The second kappa shape index (κ2) is 8.91. The Kier molecular flexibility index (Phi) is 6.10. The minimum atomic E-state index is -6.01. The molecule has 0 aliphatic heterocycles. The van der Waals surface area contributed by atoms with Gasteiger partial charge in [-0.25, -0.2) is 18.0 Å². The number of alkyl halides is 5. The number of hydrogen-bond acceptors (Lipinski definition) is 7. The van der Waals surface area contributed by atoms with E-state index in [1.165, 1.54) is 26.2 Å². The molecule has 1 fully saturated rings. The molecule has 208 valence electrons. The summed E-state index contributed by atoms with van der Waals surface area (Å²) in [5.41, 5.74) is -1.77. The molecule has 5 rings (SSSR count). The first-order valence-electron chi connectivity index (χ1n) is 11.8. The van der Waals surface area contributed by atoms with Crippen molar-refractivity contribution >= 4 is 21.0 Å². The summed E-state index contributed by atoms with van der Waals surface area (Å²) in [5, 5.41) is 24.7. The predicted octanol–water partition coefficient (Wildman–Crippen LogP) is 4.33. The van der Waals surface area contributed by atoms with Gasteiger partial charge < -0.3 is 5.21 Å². The molecule has 1 aromatic carbocycles. The largest absolute Gasteiger partial charge is 0.691 e. The second-order valence-electron chi connectivity index (χ2n) is 9.42. The number of aromatic nitrogens is 5. The fraction of sp³-hybridized carbons (Fsp3) is 0.320. The van der Waals surface area contributed by atoms with Gasteiger partial charge in [0.1, 0.15) is 5.69 Å². The van der Waals surface area contributed by atoms with Crippen molar-refractivity contribution < 1.29 is 35.2 Å². The van der Waals surface area contributed by atoms with Crippen molar-refractivity contribution in [3.8, 4) is 28.7 Å². The minimum Gasteiger partial charge on any atom is -0.691 e. The lowest BCUT2D eigenvalue weighted by Crippen LogP contribution is -2.41. The van der Waals surface area contributed by atoms with Crippen LogP contribution in [-0.4, -0.2) is 40.0 Å². The van der Waals surface area contributed by atoms with Gasteiger partial charge in [-0.3, -0.25) is 0 Å². The highest BCUT2D eigenvalue weighted by Gasteiger charge is 2.61. The Morgan fingerprint density at radius 1 is 1.12 bits per heavy atom. The van der Waals surface area contributed by atoms with Crippen LogP contribution >= 0.6 is 0 Å². The highest BCUT2D eigenvalue weighted by Crippen LogP contribution is 2.48. The maximum Gasteiger partial charge on any atom is 0.459 e. The van der Waals surface area contributed by atoms with Gasteiger partial charge in [0.25, 0.3) is 0 Å². The molecule has 1 saturated carbocycles. The normalized spacial score (nSPS) is 15.2. The maximum absolute atomic E-state index is 13.9. The summed E-state index contributed by atoms with van der Waals surface area (Å²) >= 11 is 0. The summed E-state index contributed by atoms with van der Waals surface area (Å²) in [6.07, 6.45) is -3.15. The Labute approximate surface area is 224 Å². The third kappa shape index (κ3) is 4.23. The number of hydrogen-bond donors (Lipinski definition) is 0. The van der Waals surface area contributed by atoms with Crippen LogP contribution in [0.2, 0.25) is 0 Å². The molecule has 0 N–H and O–H groups in total. The van der Waals surface area contributed by atoms with Crippen LogP contribution < -0.4 is 4.85 Å². The third-order valence-corrected chi connectivity index (χ3v) is 8.68. The zero-order valence-electron chi connectivity index (χ0n) is 20.9. The number of sulfone groups is 1. The van der Waals surface area contributed by atoms with E-state index < -0.39 is 49.1 Å². The highest BCUT2D eigenvalue weighted by atomic mass is 32.2. The highest BCUT2D eigenvalue weighted by molar-refractivity contribution is 7.91. The van der Waals surface area contributed by atoms with E-state index in [0.717, 1.165) is 23.0 Å². The van der Waals surface area contributed by atoms with Crippen LogP contribution in [0.4, 0.5) is 22.0 Å². The minimum absolute atomic E-state index is 0.230. The number of nitriles is 1. The molecule has 3 heterocycles. The Bertz CT molecular complexity index is 1810. The molecule has 0 spiro atoms. The van der Waals surface area contributed by atoms with Crippen LogP contribution in [0.5, 0.6) is 0 Å². The number of halogens is 5. The molecular weight excluding hydrogens is 559 g/mol. The van der Waals surface area contributed by atoms with Crippen LogP contribution in [0.1, 0.15) is 31.0 Å². The molecule has 0 unspecified atom stereocenters. The van der Waals surface area contributed by atoms with Gasteiger partial charge in [-0.2, -0.15) is 32.2 Å². The summed E-state index contributed by atoms with van der Waals surface area (Å²) in [5.74, 6) is -6.03. The van der Waals surface area contributed by atoms with Gasteiger partial charge in [0.2, 0.25) is 5.82 Å². The van der Waals surface area contributed by atoms with Crippen molar-refractivity contribution in [3.05, 3.63) is 59.1 Å². The first-order chi connectivity index (χ1) is 18.6. The van der Waals surface area contributed by atoms with E-state index in [4.69, 9.17) is 0 Å². The van der Waals surface area contributed by atoms with Crippen molar-refractivity contribution in [2.45, 2.75) is 42.2 Å². The molecule has 9 nitrogen and oxygen atoms in total. The van der Waals surface area contributed by atoms with Crippen LogP contribution in [0, 0.1) is 16.5 Å². The van der Waals surface area contributed by atoms with E-state index in [9.17, 15) is 40.8 Å². The van der Waals surface area contributed by atoms with Gasteiger partial charge in [0.05, 0.1) is 29.2 Å². The lowest BCUT2D eigenvalue weighted by atomic mass is 9.95. The van der Waals surface area contributed by atoms with Crippen LogP contribution in [0.25, 0.3) is 33.8 Å². The molecule has 0 atom stereocenters. The summed E-state index contributed by atoms with van der Waals surface area (Å²) in [6.45, 7) is 1.40. The Morgan fingerprint density at radius 3 is 2.33 bits per heavy atom. The van der Waals surface area contributed by atoms with Gasteiger partial charge in [-0.05, 0) is 30.0 Å². The Hall–Kier alpha value is -4.19. The number of pyridine rings is 1. The summed E-state index contributed by atoms with van der Waals surface area (Å²) in [4.78, 5) is 7.57. The molecule has 0 radical (unpaired) electrons. The number of fused-ring (bicyclic) bond motifs is 1. The van der Waals surface area contributed by atoms with E-state index in [1.807, 2.05) is 0 Å². The van der Waals surface area contributed by atoms with Crippen LogP contribution in [0.15, 0.2) is 47.5 Å². The topological polar surface area (TPSA) is 128 Å². The van der Waals surface area contributed by atoms with E-state index in [1.54, 1.807) is 24.3 Å². The maximum atomic E-state index is 13.9. The molecule has 0 amide bonds. The zero-order valence-corrected chi connectivity index (χ0v) is 21.7. The first-order valence-corrected chi connectivity index (χ1v) is 13.5. The predicted molar refractivity (Wildman–Crippen MR) is 130 cm³/mol. The van der Waals surface area contributed by atoms with E-state index in [0.29, 0.717) is 17.2 Å². The number of rotatable bonds is 6. The standard InChI is InChI=1S/C25H19F5N6O3S/c1-3-40(38,39)18-10-15(14-4-6-16(7-5-14)23(13-31)8-9-23)12-32-20(18)21-33-17-11-19(24(26,27)25(28,29)30)34-36(37)22(17)35(21)2/h4-7,10-12H,3,8-9H2,1-2H3. The summed E-state index contributed by atoms with van der Waals surface area (Å²) < 4.78 is 93.7. The molecule has 1 aliphatic rings. The quantitative estimate of drug-likeness (QED) is 0.189. The van der Waals surface area contributed by atoms with E-state index in [-0.39, 0.29) is 22.2 Å². The fourth-order valence-corrected chi connectivity index (χ4v) is 5.44. The molecule has 0 saturated heterocycles. The van der Waals surface area contributed by atoms with Crippen LogP contribution in [0.3, 0.4) is 0 Å². The average molecular weight is 579 g/mol. The van der Waals surface area contributed by atoms with Crippen molar-refractivity contribution in [3.63, 3.8) is 0 Å². The van der Waals surface area contributed by atoms with Gasteiger partial charge in [0, 0.05) is 17.8 Å². The summed E-state index contributed by atoms with van der Waals surface area (Å²) in [7, 11) is -2.72. The molecule has 4 aromatic rings. The fourth-order valence-electron chi connectivity index (χ4n) is 4.38. The first kappa shape index (κ1) is 27.4. The van der Waals surface area contributed by atoms with Gasteiger partial charge in [-0.15, -0.1) is 4.85 Å². The number of nitrogens with zero attached hydrogens (tertiary/aromatic N) is 6. The van der Waals surface area contributed by atoms with E-state index >= 15 is 0 Å². The molecule has 1 aliphatic carbocycles. The van der Waals surface area contributed by atoms with Crippen molar-refractivity contribution in [1.82, 2.24) is 19.6 Å². The van der Waals surface area contributed by atoms with Crippen LogP contribution in [-0.2, 0) is 28.2 Å². The third-order valence-electron chi connectivity index (χ3n) is 6.94. The lowest BCUT2D eigenvalue weighted by molar-refractivity contribution is -0.647. The molecule has 40 heavy (non-hydrogen) atoms. The molecule has 0 bridgehead atoms. The van der Waals surface area contributed by atoms with Gasteiger partial charge >= 0.3 is 17.7 Å². The Morgan fingerprint density at radius 2 is 1.77 bits per heavy atom. The van der Waals surface area contributed by atoms with Crippen molar-refractivity contribution in [2.24, 2.45) is 7.05 Å². The van der Waals surface area contributed by atoms with Gasteiger partial charge in [-0.1, -0.05) is 36.3 Å². The zero-order chi connectivity index (χ0) is 29.3.